The van der Waals surface area contributed by atoms with Crippen LogP contribution in [0.15, 0.2) is 53.3 Å². The number of rotatable bonds is 5. The molecule has 2 rings (SSSR count). The summed E-state index contributed by atoms with van der Waals surface area (Å²) in [5, 5.41) is 3.53. The molecule has 0 aliphatic heterocycles. The average molecular weight is 305 g/mol. The van der Waals surface area contributed by atoms with Crippen LogP contribution in [0.25, 0.3) is 0 Å². The molecule has 1 aromatic heterocycles. The van der Waals surface area contributed by atoms with Crippen molar-refractivity contribution < 1.29 is 0 Å². The SMILES string of the molecule is C[C@@H](NCCc1cccnc1)c1ccccc1Br. The Labute approximate surface area is 117 Å². The summed E-state index contributed by atoms with van der Waals surface area (Å²) in [7, 11) is 0. The minimum absolute atomic E-state index is 0.345. The van der Waals surface area contributed by atoms with Crippen LogP contribution in [0.4, 0.5) is 0 Å². The largest absolute Gasteiger partial charge is 0.310 e. The smallest absolute Gasteiger partial charge is 0.0303 e. The number of halogens is 1. The number of nitrogens with zero attached hydrogens (tertiary/aromatic N) is 1. The second-order valence-electron chi connectivity index (χ2n) is 4.31. The van der Waals surface area contributed by atoms with E-state index in [4.69, 9.17) is 0 Å². The van der Waals surface area contributed by atoms with Crippen LogP contribution in [0.5, 0.6) is 0 Å². The van der Waals surface area contributed by atoms with Gasteiger partial charge in [0.1, 0.15) is 0 Å². The summed E-state index contributed by atoms with van der Waals surface area (Å²) >= 11 is 3.58. The molecule has 1 aromatic carbocycles. The van der Waals surface area contributed by atoms with Gasteiger partial charge in [0.2, 0.25) is 0 Å². The lowest BCUT2D eigenvalue weighted by Crippen LogP contribution is -2.21. The predicted octanol–water partition coefficient (Wildman–Crippen LogP) is 3.74. The van der Waals surface area contributed by atoms with Gasteiger partial charge in [0.05, 0.1) is 0 Å². The van der Waals surface area contributed by atoms with Gasteiger partial charge in [-0.05, 0) is 43.1 Å². The quantitative estimate of drug-likeness (QED) is 0.910. The number of benzene rings is 1. The monoisotopic (exact) mass is 304 g/mol. The van der Waals surface area contributed by atoms with Crippen LogP contribution in [0.2, 0.25) is 0 Å². The zero-order valence-electron chi connectivity index (χ0n) is 10.4. The molecule has 2 nitrogen and oxygen atoms in total. The molecule has 1 heterocycles. The van der Waals surface area contributed by atoms with Gasteiger partial charge in [0, 0.05) is 22.9 Å². The van der Waals surface area contributed by atoms with Gasteiger partial charge < -0.3 is 5.32 Å². The van der Waals surface area contributed by atoms with Crippen LogP contribution < -0.4 is 5.32 Å². The Hall–Kier alpha value is -1.19. The molecule has 0 amide bonds. The maximum Gasteiger partial charge on any atom is 0.0303 e. The molecular formula is C15H17BrN2. The Balaban J connectivity index is 1.86. The van der Waals surface area contributed by atoms with Crippen LogP contribution in [0.3, 0.4) is 0 Å². The second kappa shape index (κ2) is 6.66. The van der Waals surface area contributed by atoms with E-state index in [-0.39, 0.29) is 0 Å². The van der Waals surface area contributed by atoms with Crippen LogP contribution in [-0.2, 0) is 6.42 Å². The zero-order valence-corrected chi connectivity index (χ0v) is 12.0. The third-order valence-electron chi connectivity index (χ3n) is 2.96. The van der Waals surface area contributed by atoms with Crippen molar-refractivity contribution >= 4 is 15.9 Å². The maximum atomic E-state index is 4.12. The van der Waals surface area contributed by atoms with Gasteiger partial charge in [0.25, 0.3) is 0 Å². The molecule has 2 aromatic rings. The van der Waals surface area contributed by atoms with Crippen LogP contribution in [-0.4, -0.2) is 11.5 Å². The van der Waals surface area contributed by atoms with Crippen molar-refractivity contribution in [3.63, 3.8) is 0 Å². The topological polar surface area (TPSA) is 24.9 Å². The van der Waals surface area contributed by atoms with Crippen molar-refractivity contribution in [1.29, 1.82) is 0 Å². The molecule has 0 aliphatic carbocycles. The fourth-order valence-electron chi connectivity index (χ4n) is 1.92. The van der Waals surface area contributed by atoms with Crippen molar-refractivity contribution in [3.05, 3.63) is 64.4 Å². The molecular weight excluding hydrogens is 288 g/mol. The second-order valence-corrected chi connectivity index (χ2v) is 5.16. The molecule has 3 heteroatoms. The number of pyridine rings is 1. The summed E-state index contributed by atoms with van der Waals surface area (Å²) < 4.78 is 1.16. The van der Waals surface area contributed by atoms with Gasteiger partial charge >= 0.3 is 0 Å². The average Bonchev–Trinajstić information content (AvgIpc) is 2.40. The minimum Gasteiger partial charge on any atom is -0.310 e. The summed E-state index contributed by atoms with van der Waals surface area (Å²) in [6.07, 6.45) is 4.73. The van der Waals surface area contributed by atoms with E-state index in [2.05, 4.69) is 57.4 Å². The third-order valence-corrected chi connectivity index (χ3v) is 3.68. The first-order valence-corrected chi connectivity index (χ1v) is 6.93. The van der Waals surface area contributed by atoms with E-state index in [9.17, 15) is 0 Å². The Kier molecular flexibility index (Phi) is 4.90. The van der Waals surface area contributed by atoms with Gasteiger partial charge in [0.15, 0.2) is 0 Å². The number of hydrogen-bond donors (Lipinski definition) is 1. The zero-order chi connectivity index (χ0) is 12.8. The molecule has 0 unspecified atom stereocenters. The Morgan fingerprint density at radius 1 is 1.22 bits per heavy atom. The lowest BCUT2D eigenvalue weighted by atomic mass is 10.1. The molecule has 0 bridgehead atoms. The van der Waals surface area contributed by atoms with Crippen LogP contribution in [0, 0.1) is 0 Å². The number of nitrogens with one attached hydrogen (secondary N) is 1. The summed E-state index contributed by atoms with van der Waals surface area (Å²) in [6, 6.07) is 12.8. The van der Waals surface area contributed by atoms with Crippen molar-refractivity contribution in [3.8, 4) is 0 Å². The first-order chi connectivity index (χ1) is 8.77. The Bertz CT molecular complexity index is 485. The van der Waals surface area contributed by atoms with Crippen LogP contribution in [0.1, 0.15) is 24.1 Å². The summed E-state index contributed by atoms with van der Waals surface area (Å²) in [6.45, 7) is 3.14. The van der Waals surface area contributed by atoms with E-state index in [1.54, 1.807) is 6.20 Å². The lowest BCUT2D eigenvalue weighted by Gasteiger charge is -2.15. The van der Waals surface area contributed by atoms with Gasteiger partial charge in [-0.25, -0.2) is 0 Å². The maximum absolute atomic E-state index is 4.12. The highest BCUT2D eigenvalue weighted by Gasteiger charge is 2.07. The molecule has 1 atom stereocenters. The standard InChI is InChI=1S/C15H17BrN2/c1-12(14-6-2-3-7-15(14)16)18-10-8-13-5-4-9-17-11-13/h2-7,9,11-12,18H,8,10H2,1H3/t12-/m1/s1. The lowest BCUT2D eigenvalue weighted by molar-refractivity contribution is 0.575. The van der Waals surface area contributed by atoms with Gasteiger partial charge in [-0.15, -0.1) is 0 Å². The minimum atomic E-state index is 0.345. The molecule has 0 saturated heterocycles. The molecule has 0 spiro atoms. The van der Waals surface area contributed by atoms with Crippen LogP contribution >= 0.6 is 15.9 Å². The highest BCUT2D eigenvalue weighted by molar-refractivity contribution is 9.10. The summed E-state index contributed by atoms with van der Waals surface area (Å²) in [5.74, 6) is 0. The van der Waals surface area contributed by atoms with Gasteiger partial charge in [-0.2, -0.15) is 0 Å². The summed E-state index contributed by atoms with van der Waals surface area (Å²) in [5.41, 5.74) is 2.56. The predicted molar refractivity (Wildman–Crippen MR) is 78.5 cm³/mol. The molecule has 0 radical (unpaired) electrons. The van der Waals surface area contributed by atoms with Gasteiger partial charge in [-0.1, -0.05) is 40.2 Å². The van der Waals surface area contributed by atoms with Gasteiger partial charge in [-0.3, -0.25) is 4.98 Å². The first-order valence-electron chi connectivity index (χ1n) is 6.14. The van der Waals surface area contributed by atoms with E-state index in [0.29, 0.717) is 6.04 Å². The van der Waals surface area contributed by atoms with Crippen molar-refractivity contribution in [2.75, 3.05) is 6.54 Å². The Morgan fingerprint density at radius 3 is 2.78 bits per heavy atom. The fourth-order valence-corrected chi connectivity index (χ4v) is 2.54. The first kappa shape index (κ1) is 13.2. The molecule has 0 saturated carbocycles. The number of hydrogen-bond acceptors (Lipinski definition) is 2. The summed E-state index contributed by atoms with van der Waals surface area (Å²) in [4.78, 5) is 4.12. The van der Waals surface area contributed by atoms with E-state index in [0.717, 1.165) is 17.4 Å². The molecule has 18 heavy (non-hydrogen) atoms. The highest BCUT2D eigenvalue weighted by atomic mass is 79.9. The van der Waals surface area contributed by atoms with Crippen molar-refractivity contribution in [2.24, 2.45) is 0 Å². The molecule has 1 N–H and O–H groups in total. The van der Waals surface area contributed by atoms with E-state index >= 15 is 0 Å². The van der Waals surface area contributed by atoms with E-state index in [1.165, 1.54) is 11.1 Å². The highest BCUT2D eigenvalue weighted by Crippen LogP contribution is 2.22. The van der Waals surface area contributed by atoms with E-state index in [1.807, 2.05) is 18.3 Å². The molecule has 0 aliphatic rings. The Morgan fingerprint density at radius 2 is 2.06 bits per heavy atom. The fraction of sp³-hybridized carbons (Fsp3) is 0.267. The van der Waals surface area contributed by atoms with Crippen molar-refractivity contribution in [2.45, 2.75) is 19.4 Å². The normalized spacial score (nSPS) is 12.3. The third kappa shape index (κ3) is 3.65. The number of aromatic nitrogens is 1. The molecule has 94 valence electrons. The van der Waals surface area contributed by atoms with E-state index < -0.39 is 0 Å². The molecule has 0 fully saturated rings. The van der Waals surface area contributed by atoms with Crippen molar-refractivity contribution in [1.82, 2.24) is 10.3 Å².